The van der Waals surface area contributed by atoms with E-state index in [4.69, 9.17) is 9.73 Å². The monoisotopic (exact) mass is 564 g/mol. The second-order valence-corrected chi connectivity index (χ2v) is 10.4. The van der Waals surface area contributed by atoms with Crippen LogP contribution in [0.25, 0.3) is 0 Å². The molecule has 3 unspecified atom stereocenters. The lowest BCUT2D eigenvalue weighted by atomic mass is 9.92. The van der Waals surface area contributed by atoms with Crippen LogP contribution in [-0.4, -0.2) is 58.2 Å². The molecular weight excluding hydrogens is 527 g/mol. The number of ether oxygens (including phenoxy) is 1. The van der Waals surface area contributed by atoms with Gasteiger partial charge in [0.05, 0.1) is 17.5 Å². The van der Waals surface area contributed by atoms with E-state index in [-0.39, 0.29) is 35.0 Å². The van der Waals surface area contributed by atoms with Crippen molar-refractivity contribution < 1.29 is 13.2 Å². The molecule has 0 spiro atoms. The van der Waals surface area contributed by atoms with Gasteiger partial charge in [-0.2, -0.15) is 0 Å². The molecule has 0 radical (unpaired) electrons. The van der Waals surface area contributed by atoms with Crippen LogP contribution < -0.4 is 10.0 Å². The van der Waals surface area contributed by atoms with Crippen molar-refractivity contribution in [2.24, 2.45) is 16.8 Å². The van der Waals surface area contributed by atoms with E-state index in [1.807, 2.05) is 12.1 Å². The molecule has 0 aliphatic carbocycles. The Labute approximate surface area is 204 Å². The molecular formula is C22H37IN4O3S. The number of likely N-dealkylation sites (tertiary alicyclic amines) is 1. The van der Waals surface area contributed by atoms with Crippen molar-refractivity contribution in [3.05, 3.63) is 29.8 Å². The molecule has 7 nitrogen and oxygen atoms in total. The predicted molar refractivity (Wildman–Crippen MR) is 135 cm³/mol. The molecule has 2 heterocycles. The Bertz CT molecular complexity index is 801. The number of guanidine groups is 1. The summed E-state index contributed by atoms with van der Waals surface area (Å²) in [4.78, 5) is 7.43. The molecule has 0 bridgehead atoms. The van der Waals surface area contributed by atoms with Crippen molar-refractivity contribution in [2.75, 3.05) is 32.8 Å². The van der Waals surface area contributed by atoms with E-state index in [0.717, 1.165) is 44.0 Å². The van der Waals surface area contributed by atoms with Gasteiger partial charge in [-0.1, -0.05) is 26.0 Å². The van der Waals surface area contributed by atoms with Crippen molar-refractivity contribution in [1.29, 1.82) is 0 Å². The smallest absolute Gasteiger partial charge is 0.240 e. The van der Waals surface area contributed by atoms with Gasteiger partial charge in [-0.25, -0.2) is 18.1 Å². The predicted octanol–water partition coefficient (Wildman–Crippen LogP) is 3.21. The third kappa shape index (κ3) is 7.87. The normalized spacial score (nSPS) is 24.7. The zero-order chi connectivity index (χ0) is 21.6. The summed E-state index contributed by atoms with van der Waals surface area (Å²) in [5.74, 6) is 2.25. The summed E-state index contributed by atoms with van der Waals surface area (Å²) in [6.45, 7) is 11.1. The first kappa shape index (κ1) is 26.3. The SMILES string of the molecule is CCNC(=NCc1ccc(S(=O)(=O)NCC2CCCO2)cc1)N1CC(C)CC(C)C1.I. The molecule has 1 aromatic rings. The number of hydrogen-bond acceptors (Lipinski definition) is 4. The molecule has 2 N–H and O–H groups in total. The highest BCUT2D eigenvalue weighted by atomic mass is 127. The molecule has 2 saturated heterocycles. The molecule has 9 heteroatoms. The number of sulfonamides is 1. The first-order chi connectivity index (χ1) is 14.4. The summed E-state index contributed by atoms with van der Waals surface area (Å²) in [5, 5.41) is 3.40. The van der Waals surface area contributed by atoms with Crippen LogP contribution in [0.5, 0.6) is 0 Å². The first-order valence-corrected chi connectivity index (χ1v) is 12.6. The molecule has 0 saturated carbocycles. The lowest BCUT2D eigenvalue weighted by Crippen LogP contribution is -2.48. The molecule has 176 valence electrons. The number of nitrogens with one attached hydrogen (secondary N) is 2. The van der Waals surface area contributed by atoms with Crippen LogP contribution in [0, 0.1) is 11.8 Å². The summed E-state index contributed by atoms with van der Waals surface area (Å²) in [7, 11) is -3.52. The lowest BCUT2D eigenvalue weighted by molar-refractivity contribution is 0.114. The number of piperidine rings is 1. The van der Waals surface area contributed by atoms with Crippen molar-refractivity contribution >= 4 is 40.0 Å². The van der Waals surface area contributed by atoms with Gasteiger partial charge in [0.2, 0.25) is 10.0 Å². The minimum Gasteiger partial charge on any atom is -0.377 e. The zero-order valence-corrected chi connectivity index (χ0v) is 22.0. The fraction of sp³-hybridized carbons (Fsp3) is 0.682. The van der Waals surface area contributed by atoms with Crippen LogP contribution in [0.3, 0.4) is 0 Å². The molecule has 3 rings (SSSR count). The summed E-state index contributed by atoms with van der Waals surface area (Å²) >= 11 is 0. The number of hydrogen-bond donors (Lipinski definition) is 2. The van der Waals surface area contributed by atoms with E-state index in [0.29, 0.717) is 31.5 Å². The van der Waals surface area contributed by atoms with Crippen LogP contribution >= 0.6 is 24.0 Å². The molecule has 2 fully saturated rings. The summed E-state index contributed by atoms with van der Waals surface area (Å²) < 4.78 is 33.2. The lowest BCUT2D eigenvalue weighted by Gasteiger charge is -2.37. The second-order valence-electron chi connectivity index (χ2n) is 8.65. The van der Waals surface area contributed by atoms with Crippen LogP contribution in [0.2, 0.25) is 0 Å². The molecule has 2 aliphatic heterocycles. The number of rotatable bonds is 7. The van der Waals surface area contributed by atoms with Gasteiger partial charge in [-0.15, -0.1) is 24.0 Å². The third-order valence-electron chi connectivity index (χ3n) is 5.67. The van der Waals surface area contributed by atoms with Crippen molar-refractivity contribution in [1.82, 2.24) is 14.9 Å². The number of halogens is 1. The maximum Gasteiger partial charge on any atom is 0.240 e. The molecule has 0 aromatic heterocycles. The Balaban J connectivity index is 0.00000341. The Kier molecular flexibility index (Phi) is 10.5. The van der Waals surface area contributed by atoms with Gasteiger partial charge in [0.1, 0.15) is 0 Å². The van der Waals surface area contributed by atoms with Crippen LogP contribution in [-0.2, 0) is 21.3 Å². The highest BCUT2D eigenvalue weighted by molar-refractivity contribution is 14.0. The number of aliphatic imine (C=N–C) groups is 1. The van der Waals surface area contributed by atoms with Gasteiger partial charge in [-0.05, 0) is 55.7 Å². The summed E-state index contributed by atoms with van der Waals surface area (Å²) in [5.41, 5.74) is 0.988. The van der Waals surface area contributed by atoms with Gasteiger partial charge in [0.15, 0.2) is 5.96 Å². The van der Waals surface area contributed by atoms with Crippen LogP contribution in [0.15, 0.2) is 34.2 Å². The maximum atomic E-state index is 12.5. The molecule has 31 heavy (non-hydrogen) atoms. The van der Waals surface area contributed by atoms with E-state index in [9.17, 15) is 8.42 Å². The van der Waals surface area contributed by atoms with E-state index in [1.165, 1.54) is 6.42 Å². The highest BCUT2D eigenvalue weighted by Gasteiger charge is 2.24. The highest BCUT2D eigenvalue weighted by Crippen LogP contribution is 2.21. The Hall–Kier alpha value is -0.910. The fourth-order valence-electron chi connectivity index (χ4n) is 4.29. The quantitative estimate of drug-likeness (QED) is 0.302. The largest absolute Gasteiger partial charge is 0.377 e. The first-order valence-electron chi connectivity index (χ1n) is 11.1. The minimum absolute atomic E-state index is 0. The summed E-state index contributed by atoms with van der Waals surface area (Å²) in [6.07, 6.45) is 3.14. The van der Waals surface area contributed by atoms with E-state index < -0.39 is 10.0 Å². The third-order valence-corrected chi connectivity index (χ3v) is 7.11. The van der Waals surface area contributed by atoms with Gasteiger partial charge in [0.25, 0.3) is 0 Å². The van der Waals surface area contributed by atoms with Gasteiger partial charge >= 0.3 is 0 Å². The summed E-state index contributed by atoms with van der Waals surface area (Å²) in [6, 6.07) is 6.99. The Morgan fingerprint density at radius 2 is 1.87 bits per heavy atom. The number of nitrogens with zero attached hydrogens (tertiary/aromatic N) is 2. The van der Waals surface area contributed by atoms with Crippen molar-refractivity contribution in [2.45, 2.75) is 57.6 Å². The second kappa shape index (κ2) is 12.4. The van der Waals surface area contributed by atoms with E-state index in [1.54, 1.807) is 12.1 Å². The van der Waals surface area contributed by atoms with Crippen molar-refractivity contribution in [3.8, 4) is 0 Å². The molecule has 2 aliphatic rings. The topological polar surface area (TPSA) is 83.0 Å². The molecule has 1 aromatic carbocycles. The van der Waals surface area contributed by atoms with E-state index in [2.05, 4.69) is 35.7 Å². The van der Waals surface area contributed by atoms with Gasteiger partial charge < -0.3 is 15.0 Å². The average Bonchev–Trinajstić information content (AvgIpc) is 3.23. The molecule has 0 amide bonds. The average molecular weight is 565 g/mol. The minimum atomic E-state index is -3.52. The number of benzene rings is 1. The van der Waals surface area contributed by atoms with Gasteiger partial charge in [-0.3, -0.25) is 0 Å². The van der Waals surface area contributed by atoms with Crippen molar-refractivity contribution in [3.63, 3.8) is 0 Å². The standard InChI is InChI=1S/C22H36N4O3S.HI/c1-4-23-22(26-15-17(2)12-18(3)16-26)24-13-19-7-9-21(10-8-19)30(27,28)25-14-20-6-5-11-29-20;/h7-10,17-18,20,25H,4-6,11-16H2,1-3H3,(H,23,24);1H. The van der Waals surface area contributed by atoms with Crippen LogP contribution in [0.4, 0.5) is 0 Å². The zero-order valence-electron chi connectivity index (χ0n) is 18.8. The van der Waals surface area contributed by atoms with E-state index >= 15 is 0 Å². The maximum absolute atomic E-state index is 12.5. The van der Waals surface area contributed by atoms with Gasteiger partial charge in [0, 0.05) is 32.8 Å². The molecule has 3 atom stereocenters. The Morgan fingerprint density at radius 3 is 2.45 bits per heavy atom. The van der Waals surface area contributed by atoms with Crippen LogP contribution in [0.1, 0.15) is 45.6 Å². The fourth-order valence-corrected chi connectivity index (χ4v) is 5.36. The Morgan fingerprint density at radius 1 is 1.19 bits per heavy atom.